The quantitative estimate of drug-likeness (QED) is 0.781. The molecule has 1 unspecified atom stereocenters. The molecular formula is C13H18N2O4S. The van der Waals surface area contributed by atoms with Gasteiger partial charge in [-0.05, 0) is 25.5 Å². The molecule has 20 heavy (non-hydrogen) atoms. The Morgan fingerprint density at radius 2 is 2.25 bits per heavy atom. The number of nitrogen functional groups attached to an aromatic ring is 1. The summed E-state index contributed by atoms with van der Waals surface area (Å²) in [7, 11) is -3.04. The van der Waals surface area contributed by atoms with Gasteiger partial charge >= 0.3 is 0 Å². The topological polar surface area (TPSA) is 98.5 Å². The third kappa shape index (κ3) is 3.86. The zero-order chi connectivity index (χ0) is 14.8. The van der Waals surface area contributed by atoms with Gasteiger partial charge in [0.1, 0.15) is 5.75 Å². The van der Waals surface area contributed by atoms with Gasteiger partial charge in [-0.15, -0.1) is 0 Å². The average molecular weight is 298 g/mol. The van der Waals surface area contributed by atoms with Crippen LogP contribution in [0.25, 0.3) is 0 Å². The molecule has 110 valence electrons. The molecule has 7 heteroatoms. The minimum atomic E-state index is -3.04. The first-order chi connectivity index (χ1) is 9.28. The summed E-state index contributed by atoms with van der Waals surface area (Å²) >= 11 is 0. The van der Waals surface area contributed by atoms with Crippen LogP contribution in [-0.2, 0) is 14.6 Å². The molecule has 1 fully saturated rings. The van der Waals surface area contributed by atoms with Gasteiger partial charge in [0.05, 0.1) is 17.0 Å². The molecule has 0 bridgehead atoms. The number of carbonyl (C=O) groups excluding carboxylic acids is 1. The minimum absolute atomic E-state index is 0.0238. The largest absolute Gasteiger partial charge is 0.484 e. The Hall–Kier alpha value is -1.76. The van der Waals surface area contributed by atoms with Crippen molar-refractivity contribution in [2.75, 3.05) is 23.8 Å². The van der Waals surface area contributed by atoms with E-state index in [1.165, 1.54) is 0 Å². The molecule has 0 aromatic heterocycles. The van der Waals surface area contributed by atoms with E-state index in [1.54, 1.807) is 31.2 Å². The van der Waals surface area contributed by atoms with Gasteiger partial charge in [0.15, 0.2) is 16.4 Å². The molecule has 1 aliphatic heterocycles. The maximum Gasteiger partial charge on any atom is 0.258 e. The van der Waals surface area contributed by atoms with E-state index in [1.807, 2.05) is 0 Å². The van der Waals surface area contributed by atoms with E-state index in [9.17, 15) is 13.2 Å². The van der Waals surface area contributed by atoms with Gasteiger partial charge in [-0.2, -0.15) is 0 Å². The molecule has 6 nitrogen and oxygen atoms in total. The highest BCUT2D eigenvalue weighted by atomic mass is 32.2. The number of amides is 1. The smallest absolute Gasteiger partial charge is 0.258 e. The van der Waals surface area contributed by atoms with E-state index in [-0.39, 0.29) is 24.0 Å². The first-order valence-electron chi connectivity index (χ1n) is 6.28. The van der Waals surface area contributed by atoms with E-state index in [2.05, 4.69) is 5.32 Å². The second-order valence-corrected chi connectivity index (χ2v) is 7.50. The fraction of sp³-hybridized carbons (Fsp3) is 0.462. The molecule has 1 saturated heterocycles. The summed E-state index contributed by atoms with van der Waals surface area (Å²) in [5, 5.41) is 2.72. The van der Waals surface area contributed by atoms with Gasteiger partial charge in [-0.3, -0.25) is 4.79 Å². The van der Waals surface area contributed by atoms with Crippen LogP contribution >= 0.6 is 0 Å². The lowest BCUT2D eigenvalue weighted by molar-refractivity contribution is -0.124. The van der Waals surface area contributed by atoms with Crippen molar-refractivity contribution in [1.29, 1.82) is 0 Å². The Morgan fingerprint density at radius 3 is 2.85 bits per heavy atom. The number of ether oxygens (including phenoxy) is 1. The third-order valence-electron chi connectivity index (χ3n) is 3.17. The van der Waals surface area contributed by atoms with Crippen LogP contribution in [-0.4, -0.2) is 38.0 Å². The summed E-state index contributed by atoms with van der Waals surface area (Å²) in [5.74, 6) is 0.250. The van der Waals surface area contributed by atoms with E-state index in [4.69, 9.17) is 10.5 Å². The van der Waals surface area contributed by atoms with Crippen LogP contribution in [0.15, 0.2) is 24.3 Å². The molecule has 3 N–H and O–H groups in total. The first kappa shape index (κ1) is 14.6. The fourth-order valence-corrected chi connectivity index (χ4v) is 4.33. The van der Waals surface area contributed by atoms with Crippen molar-refractivity contribution in [2.45, 2.75) is 18.9 Å². The molecule has 0 saturated carbocycles. The molecule has 0 radical (unpaired) electrons. The van der Waals surface area contributed by atoms with Gasteiger partial charge in [0.2, 0.25) is 0 Å². The predicted octanol–water partition coefficient (Wildman–Crippen LogP) is 0.341. The van der Waals surface area contributed by atoms with Gasteiger partial charge in [0.25, 0.3) is 5.91 Å². The highest BCUT2D eigenvalue weighted by Crippen LogP contribution is 2.22. The summed E-state index contributed by atoms with van der Waals surface area (Å²) in [4.78, 5) is 11.8. The average Bonchev–Trinajstić information content (AvgIpc) is 2.61. The van der Waals surface area contributed by atoms with Crippen molar-refractivity contribution in [3.8, 4) is 5.75 Å². The number of carbonyl (C=O) groups is 1. The Labute approximate surface area is 118 Å². The normalized spacial score (nSPS) is 24.2. The molecule has 0 spiro atoms. The third-order valence-corrected chi connectivity index (χ3v) is 5.08. The van der Waals surface area contributed by atoms with Gasteiger partial charge in [-0.1, -0.05) is 6.07 Å². The van der Waals surface area contributed by atoms with Crippen molar-refractivity contribution >= 4 is 21.4 Å². The second-order valence-electron chi connectivity index (χ2n) is 5.31. The number of nitrogens with two attached hydrogens (primary N) is 1. The van der Waals surface area contributed by atoms with Gasteiger partial charge in [0, 0.05) is 11.8 Å². The molecule has 2 rings (SSSR count). The van der Waals surface area contributed by atoms with Crippen molar-refractivity contribution in [3.63, 3.8) is 0 Å². The number of benzene rings is 1. The lowest BCUT2D eigenvalue weighted by Gasteiger charge is -2.23. The number of anilines is 1. The Balaban J connectivity index is 1.87. The van der Waals surface area contributed by atoms with E-state index < -0.39 is 15.4 Å². The fourth-order valence-electron chi connectivity index (χ4n) is 2.23. The zero-order valence-electron chi connectivity index (χ0n) is 11.3. The maximum absolute atomic E-state index is 11.8. The Kier molecular flexibility index (Phi) is 3.89. The SMILES string of the molecule is CC1(NC(=O)COc2cccc(N)c2)CCS(=O)(=O)C1. The highest BCUT2D eigenvalue weighted by Gasteiger charge is 2.39. The zero-order valence-corrected chi connectivity index (χ0v) is 12.1. The molecule has 1 aliphatic rings. The molecule has 1 amide bonds. The standard InChI is InChI=1S/C13H18N2O4S/c1-13(5-6-20(17,18)9-13)15-12(16)8-19-11-4-2-3-10(14)7-11/h2-4,7H,5-6,8-9,14H2,1H3,(H,15,16). The van der Waals surface area contributed by atoms with E-state index in [0.29, 0.717) is 17.9 Å². The monoisotopic (exact) mass is 298 g/mol. The number of sulfone groups is 1. The highest BCUT2D eigenvalue weighted by molar-refractivity contribution is 7.91. The van der Waals surface area contributed by atoms with Crippen molar-refractivity contribution in [1.82, 2.24) is 5.32 Å². The van der Waals surface area contributed by atoms with Crippen LogP contribution in [0.5, 0.6) is 5.75 Å². The summed E-state index contributed by atoms with van der Waals surface area (Å²) in [6.07, 6.45) is 0.430. The van der Waals surface area contributed by atoms with E-state index >= 15 is 0 Å². The van der Waals surface area contributed by atoms with Crippen LogP contribution in [0.2, 0.25) is 0 Å². The maximum atomic E-state index is 11.8. The van der Waals surface area contributed by atoms with Crippen LogP contribution in [0.4, 0.5) is 5.69 Å². The number of hydrogen-bond acceptors (Lipinski definition) is 5. The summed E-state index contributed by atoms with van der Waals surface area (Å²) in [5.41, 5.74) is 5.45. The lowest BCUT2D eigenvalue weighted by atomic mass is 10.0. The van der Waals surface area contributed by atoms with Gasteiger partial charge in [-0.25, -0.2) is 8.42 Å². The van der Waals surface area contributed by atoms with Crippen LogP contribution < -0.4 is 15.8 Å². The van der Waals surface area contributed by atoms with E-state index in [0.717, 1.165) is 0 Å². The van der Waals surface area contributed by atoms with Gasteiger partial charge < -0.3 is 15.8 Å². The number of rotatable bonds is 4. The summed E-state index contributed by atoms with van der Waals surface area (Å²) in [6, 6.07) is 6.77. The second kappa shape index (κ2) is 5.32. The number of nitrogens with one attached hydrogen (secondary N) is 1. The minimum Gasteiger partial charge on any atom is -0.484 e. The summed E-state index contributed by atoms with van der Waals surface area (Å²) < 4.78 is 28.2. The van der Waals surface area contributed by atoms with Crippen molar-refractivity contribution in [3.05, 3.63) is 24.3 Å². The first-order valence-corrected chi connectivity index (χ1v) is 8.10. The molecule has 1 aromatic carbocycles. The molecule has 0 aliphatic carbocycles. The molecule has 1 aromatic rings. The van der Waals surface area contributed by atoms with Crippen molar-refractivity contribution in [2.24, 2.45) is 0 Å². The molecule has 1 atom stereocenters. The Morgan fingerprint density at radius 1 is 1.50 bits per heavy atom. The Bertz CT molecular complexity index is 615. The summed E-state index contributed by atoms with van der Waals surface area (Å²) in [6.45, 7) is 1.56. The molecule has 1 heterocycles. The molecular weight excluding hydrogens is 280 g/mol. The predicted molar refractivity (Wildman–Crippen MR) is 76.2 cm³/mol. The van der Waals surface area contributed by atoms with Crippen LogP contribution in [0.3, 0.4) is 0 Å². The lowest BCUT2D eigenvalue weighted by Crippen LogP contribution is -2.48. The van der Waals surface area contributed by atoms with Crippen LogP contribution in [0.1, 0.15) is 13.3 Å². The van der Waals surface area contributed by atoms with Crippen molar-refractivity contribution < 1.29 is 17.9 Å². The number of hydrogen-bond donors (Lipinski definition) is 2. The van der Waals surface area contributed by atoms with Crippen LogP contribution in [0, 0.1) is 0 Å².